The van der Waals surface area contributed by atoms with Crippen molar-refractivity contribution in [3.05, 3.63) is 0 Å². The summed E-state index contributed by atoms with van der Waals surface area (Å²) in [5, 5.41) is 0. The molecule has 0 amide bonds. The van der Waals surface area contributed by atoms with Crippen LogP contribution in [0, 0.1) is 11.8 Å². The fraction of sp³-hybridized carbons (Fsp3) is 1.00. The van der Waals surface area contributed by atoms with E-state index in [1.807, 2.05) is 0 Å². The zero-order valence-electron chi connectivity index (χ0n) is 7.95. The van der Waals surface area contributed by atoms with Gasteiger partial charge in [0.25, 0.3) is 0 Å². The van der Waals surface area contributed by atoms with Crippen LogP contribution in [0.5, 0.6) is 0 Å². The summed E-state index contributed by atoms with van der Waals surface area (Å²) in [5.74, 6) is 1.66. The molecule has 0 aliphatic carbocycles. The second kappa shape index (κ2) is 3.35. The van der Waals surface area contributed by atoms with Gasteiger partial charge in [0.2, 0.25) is 0 Å². The van der Waals surface area contributed by atoms with Crippen LogP contribution in [0.15, 0.2) is 0 Å². The van der Waals surface area contributed by atoms with Gasteiger partial charge in [-0.05, 0) is 24.7 Å². The van der Waals surface area contributed by atoms with Crippen LogP contribution in [0.4, 0.5) is 0 Å². The quantitative estimate of drug-likeness (QED) is 0.598. The monoisotopic (exact) mass is 170 g/mol. The third-order valence-corrected chi connectivity index (χ3v) is 3.07. The average molecular weight is 170 g/mol. The van der Waals surface area contributed by atoms with Crippen molar-refractivity contribution in [2.24, 2.45) is 11.8 Å². The van der Waals surface area contributed by atoms with Gasteiger partial charge in [-0.15, -0.1) is 0 Å². The van der Waals surface area contributed by atoms with Gasteiger partial charge < -0.3 is 9.47 Å². The van der Waals surface area contributed by atoms with Crippen molar-refractivity contribution in [3.8, 4) is 0 Å². The van der Waals surface area contributed by atoms with Crippen LogP contribution >= 0.6 is 0 Å². The van der Waals surface area contributed by atoms with E-state index >= 15 is 0 Å². The number of hydrogen-bond acceptors (Lipinski definition) is 2. The Labute approximate surface area is 74.2 Å². The molecule has 2 bridgehead atoms. The van der Waals surface area contributed by atoms with Gasteiger partial charge in [0.15, 0.2) is 0 Å². The summed E-state index contributed by atoms with van der Waals surface area (Å²) >= 11 is 0. The Morgan fingerprint density at radius 1 is 1.08 bits per heavy atom. The summed E-state index contributed by atoms with van der Waals surface area (Å²) in [6.07, 6.45) is 3.19. The highest BCUT2D eigenvalue weighted by Crippen LogP contribution is 2.32. The highest BCUT2D eigenvalue weighted by molar-refractivity contribution is 4.81. The first-order valence-electron chi connectivity index (χ1n) is 4.99. The zero-order valence-corrected chi connectivity index (χ0v) is 7.95. The van der Waals surface area contributed by atoms with Crippen molar-refractivity contribution in [1.29, 1.82) is 0 Å². The van der Waals surface area contributed by atoms with Crippen molar-refractivity contribution in [2.75, 3.05) is 13.2 Å². The molecule has 0 spiro atoms. The molecule has 2 saturated heterocycles. The lowest BCUT2D eigenvalue weighted by molar-refractivity contribution is -0.177. The Morgan fingerprint density at radius 2 is 1.67 bits per heavy atom. The van der Waals surface area contributed by atoms with E-state index < -0.39 is 0 Å². The average Bonchev–Trinajstić information content (AvgIpc) is 2.03. The minimum absolute atomic E-state index is 0.393. The molecule has 2 heteroatoms. The molecule has 2 heterocycles. The summed E-state index contributed by atoms with van der Waals surface area (Å²) in [6, 6.07) is 0. The van der Waals surface area contributed by atoms with Gasteiger partial charge in [0.05, 0.1) is 25.4 Å². The Bertz CT molecular complexity index is 144. The predicted molar refractivity (Wildman–Crippen MR) is 47.0 cm³/mol. The van der Waals surface area contributed by atoms with Gasteiger partial charge in [-0.25, -0.2) is 0 Å². The first kappa shape index (κ1) is 8.52. The number of rotatable bonds is 1. The smallest absolute Gasteiger partial charge is 0.0816 e. The molecule has 2 atom stereocenters. The lowest BCUT2D eigenvalue weighted by Crippen LogP contribution is -2.44. The molecule has 2 fully saturated rings. The van der Waals surface area contributed by atoms with Crippen LogP contribution in [0.2, 0.25) is 0 Å². The van der Waals surface area contributed by atoms with Gasteiger partial charge in [0, 0.05) is 0 Å². The van der Waals surface area contributed by atoms with Crippen LogP contribution in [-0.2, 0) is 9.47 Å². The maximum absolute atomic E-state index is 5.78. The number of fused-ring (bicyclic) bond motifs is 2. The van der Waals surface area contributed by atoms with Crippen molar-refractivity contribution in [2.45, 2.75) is 38.9 Å². The topological polar surface area (TPSA) is 18.5 Å². The van der Waals surface area contributed by atoms with Crippen LogP contribution < -0.4 is 0 Å². The summed E-state index contributed by atoms with van der Waals surface area (Å²) in [4.78, 5) is 0. The predicted octanol–water partition coefficient (Wildman–Crippen LogP) is 1.84. The first-order valence-corrected chi connectivity index (χ1v) is 4.99. The molecule has 0 aromatic rings. The molecule has 0 saturated carbocycles. The molecular weight excluding hydrogens is 152 g/mol. The molecule has 0 radical (unpaired) electrons. The lowest BCUT2D eigenvalue weighted by Gasteiger charge is -2.40. The minimum atomic E-state index is 0.393. The van der Waals surface area contributed by atoms with E-state index in [0.717, 1.165) is 25.0 Å². The van der Waals surface area contributed by atoms with Crippen LogP contribution in [-0.4, -0.2) is 25.4 Å². The van der Waals surface area contributed by atoms with E-state index in [4.69, 9.17) is 9.47 Å². The Hall–Kier alpha value is -0.0800. The fourth-order valence-electron chi connectivity index (χ4n) is 2.24. The van der Waals surface area contributed by atoms with E-state index in [9.17, 15) is 0 Å². The second-order valence-electron chi connectivity index (χ2n) is 4.39. The van der Waals surface area contributed by atoms with Crippen molar-refractivity contribution in [3.63, 3.8) is 0 Å². The number of hydrogen-bond donors (Lipinski definition) is 0. The van der Waals surface area contributed by atoms with Gasteiger partial charge in [-0.1, -0.05) is 13.8 Å². The van der Waals surface area contributed by atoms with E-state index in [1.165, 1.54) is 12.8 Å². The van der Waals surface area contributed by atoms with E-state index in [-0.39, 0.29) is 0 Å². The molecule has 2 nitrogen and oxygen atoms in total. The standard InChI is InChI=1S/C10H18O2/c1-7(2)8-3-9-5-11-6-10(4-8)12-9/h7-10H,3-6H2,1-2H3. The first-order chi connectivity index (χ1) is 5.75. The lowest BCUT2D eigenvalue weighted by atomic mass is 9.83. The van der Waals surface area contributed by atoms with E-state index in [1.54, 1.807) is 0 Å². The summed E-state index contributed by atoms with van der Waals surface area (Å²) in [6.45, 7) is 6.26. The number of ether oxygens (including phenoxy) is 2. The molecule has 2 aliphatic rings. The maximum Gasteiger partial charge on any atom is 0.0816 e. The van der Waals surface area contributed by atoms with Crippen molar-refractivity contribution < 1.29 is 9.47 Å². The Morgan fingerprint density at radius 3 is 2.17 bits per heavy atom. The highest BCUT2D eigenvalue weighted by Gasteiger charge is 2.34. The normalized spacial score (nSPS) is 41.8. The van der Waals surface area contributed by atoms with Gasteiger partial charge in [-0.3, -0.25) is 0 Å². The molecule has 2 aliphatic heterocycles. The molecule has 2 rings (SSSR count). The third kappa shape index (κ3) is 1.64. The van der Waals surface area contributed by atoms with Crippen LogP contribution in [0.25, 0.3) is 0 Å². The summed E-state index contributed by atoms with van der Waals surface area (Å²) in [5.41, 5.74) is 0. The highest BCUT2D eigenvalue weighted by atomic mass is 16.6. The molecule has 2 unspecified atom stereocenters. The van der Waals surface area contributed by atoms with Gasteiger partial charge in [0.1, 0.15) is 0 Å². The van der Waals surface area contributed by atoms with Crippen LogP contribution in [0.3, 0.4) is 0 Å². The Kier molecular flexibility index (Phi) is 2.37. The van der Waals surface area contributed by atoms with Crippen LogP contribution in [0.1, 0.15) is 26.7 Å². The molecular formula is C10H18O2. The minimum Gasteiger partial charge on any atom is -0.376 e. The molecule has 0 aromatic heterocycles. The molecule has 0 N–H and O–H groups in total. The fourth-order valence-corrected chi connectivity index (χ4v) is 2.24. The summed E-state index contributed by atoms with van der Waals surface area (Å²) < 4.78 is 11.2. The largest absolute Gasteiger partial charge is 0.376 e. The zero-order chi connectivity index (χ0) is 8.55. The SMILES string of the molecule is CC(C)C1CC2COCC(C1)O2. The second-order valence-corrected chi connectivity index (χ2v) is 4.39. The van der Waals surface area contributed by atoms with Crippen molar-refractivity contribution >= 4 is 0 Å². The van der Waals surface area contributed by atoms with E-state index in [2.05, 4.69) is 13.8 Å². The maximum atomic E-state index is 5.78. The molecule has 12 heavy (non-hydrogen) atoms. The van der Waals surface area contributed by atoms with Gasteiger partial charge in [-0.2, -0.15) is 0 Å². The Balaban J connectivity index is 1.96. The third-order valence-electron chi connectivity index (χ3n) is 3.07. The molecule has 70 valence electrons. The van der Waals surface area contributed by atoms with Crippen molar-refractivity contribution in [1.82, 2.24) is 0 Å². The van der Waals surface area contributed by atoms with E-state index in [0.29, 0.717) is 12.2 Å². The molecule has 0 aromatic carbocycles. The summed E-state index contributed by atoms with van der Waals surface area (Å²) in [7, 11) is 0. The van der Waals surface area contributed by atoms with Gasteiger partial charge >= 0.3 is 0 Å².